The third kappa shape index (κ3) is 6.15. The number of anilines is 1. The van der Waals surface area contributed by atoms with Crippen molar-refractivity contribution >= 4 is 17.7 Å². The molecule has 2 aromatic carbocycles. The number of aliphatic hydroxyl groups excluding tert-OH is 1. The number of carbonyl (C=O) groups excluding carboxylic acids is 2. The Hall–Kier alpha value is -3.76. The zero-order valence-corrected chi connectivity index (χ0v) is 18.2. The SMILES string of the molecule is CC(C)(/C=C/C(=O)NO)[C@@H](OC(=O)Nc1ccc2c(c1)OCO2)c1ccccc1OCCO. The number of hydroxylamine groups is 1. The molecule has 1 atom stereocenters. The lowest BCUT2D eigenvalue weighted by atomic mass is 9.81. The fourth-order valence-corrected chi connectivity index (χ4v) is 3.24. The lowest BCUT2D eigenvalue weighted by Gasteiger charge is -2.32. The van der Waals surface area contributed by atoms with Gasteiger partial charge in [0, 0.05) is 28.8 Å². The lowest BCUT2D eigenvalue weighted by Crippen LogP contribution is -2.28. The highest BCUT2D eigenvalue weighted by Gasteiger charge is 2.35. The Balaban J connectivity index is 1.87. The molecule has 10 heteroatoms. The van der Waals surface area contributed by atoms with Crippen molar-refractivity contribution in [2.75, 3.05) is 25.3 Å². The lowest BCUT2D eigenvalue weighted by molar-refractivity contribution is -0.124. The summed E-state index contributed by atoms with van der Waals surface area (Å²) in [7, 11) is 0. The van der Waals surface area contributed by atoms with Gasteiger partial charge in [-0.3, -0.25) is 15.3 Å². The number of carbonyl (C=O) groups is 2. The molecule has 0 bridgehead atoms. The summed E-state index contributed by atoms with van der Waals surface area (Å²) in [5.41, 5.74) is 1.60. The van der Waals surface area contributed by atoms with Gasteiger partial charge in [0.15, 0.2) is 11.5 Å². The van der Waals surface area contributed by atoms with Crippen molar-refractivity contribution < 1.29 is 38.9 Å². The van der Waals surface area contributed by atoms with Crippen LogP contribution in [0, 0.1) is 5.41 Å². The molecule has 0 unspecified atom stereocenters. The smallest absolute Gasteiger partial charge is 0.412 e. The Kier molecular flexibility index (Phi) is 7.75. The van der Waals surface area contributed by atoms with E-state index in [0.717, 1.165) is 6.08 Å². The van der Waals surface area contributed by atoms with Crippen molar-refractivity contribution in [2.24, 2.45) is 5.41 Å². The normalized spacial score (nSPS) is 13.5. The zero-order valence-electron chi connectivity index (χ0n) is 18.2. The summed E-state index contributed by atoms with van der Waals surface area (Å²) in [5, 5.41) is 20.6. The minimum Gasteiger partial charge on any atom is -0.491 e. The highest BCUT2D eigenvalue weighted by molar-refractivity contribution is 5.87. The van der Waals surface area contributed by atoms with Crippen LogP contribution in [0.2, 0.25) is 0 Å². The molecule has 2 amide bonds. The van der Waals surface area contributed by atoms with Crippen molar-refractivity contribution in [3.05, 3.63) is 60.2 Å². The van der Waals surface area contributed by atoms with Gasteiger partial charge in [0.25, 0.3) is 5.91 Å². The number of ether oxygens (including phenoxy) is 4. The van der Waals surface area contributed by atoms with E-state index in [1.165, 1.54) is 11.6 Å². The van der Waals surface area contributed by atoms with Gasteiger partial charge in [-0.1, -0.05) is 38.1 Å². The van der Waals surface area contributed by atoms with Gasteiger partial charge >= 0.3 is 6.09 Å². The van der Waals surface area contributed by atoms with E-state index in [1.807, 2.05) is 0 Å². The highest BCUT2D eigenvalue weighted by atomic mass is 16.7. The van der Waals surface area contributed by atoms with Crippen LogP contribution in [-0.4, -0.2) is 42.3 Å². The molecule has 0 aromatic heterocycles. The molecule has 3 rings (SSSR count). The number of amides is 2. The van der Waals surface area contributed by atoms with E-state index in [2.05, 4.69) is 5.32 Å². The molecule has 0 radical (unpaired) electrons. The first-order valence-corrected chi connectivity index (χ1v) is 10.2. The second-order valence-electron chi connectivity index (χ2n) is 7.72. The van der Waals surface area contributed by atoms with E-state index in [1.54, 1.807) is 56.3 Å². The molecule has 10 nitrogen and oxygen atoms in total. The van der Waals surface area contributed by atoms with Crippen LogP contribution in [-0.2, 0) is 9.53 Å². The van der Waals surface area contributed by atoms with Gasteiger partial charge in [0.1, 0.15) is 18.5 Å². The first-order chi connectivity index (χ1) is 15.8. The number of aliphatic hydroxyl groups is 1. The second-order valence-corrected chi connectivity index (χ2v) is 7.72. The van der Waals surface area contributed by atoms with Crippen molar-refractivity contribution in [1.29, 1.82) is 0 Å². The average Bonchev–Trinajstić information content (AvgIpc) is 3.28. The second kappa shape index (κ2) is 10.7. The predicted molar refractivity (Wildman–Crippen MR) is 117 cm³/mol. The van der Waals surface area contributed by atoms with E-state index in [4.69, 9.17) is 29.3 Å². The van der Waals surface area contributed by atoms with Crippen LogP contribution in [0.3, 0.4) is 0 Å². The third-order valence-electron chi connectivity index (χ3n) is 4.84. The van der Waals surface area contributed by atoms with Crippen LogP contribution in [0.25, 0.3) is 0 Å². The maximum atomic E-state index is 12.8. The summed E-state index contributed by atoms with van der Waals surface area (Å²) in [4.78, 5) is 24.4. The molecule has 0 spiro atoms. The molecule has 0 saturated carbocycles. The number of para-hydroxylation sites is 1. The van der Waals surface area contributed by atoms with Gasteiger partial charge in [0.2, 0.25) is 6.79 Å². The molecule has 33 heavy (non-hydrogen) atoms. The van der Waals surface area contributed by atoms with Crippen molar-refractivity contribution in [1.82, 2.24) is 5.48 Å². The van der Waals surface area contributed by atoms with Crippen molar-refractivity contribution in [3.63, 3.8) is 0 Å². The summed E-state index contributed by atoms with van der Waals surface area (Å²) in [6.45, 7) is 3.49. The first-order valence-electron chi connectivity index (χ1n) is 10.2. The van der Waals surface area contributed by atoms with Crippen molar-refractivity contribution in [2.45, 2.75) is 20.0 Å². The Bertz CT molecular complexity index is 1020. The number of hydrogen-bond donors (Lipinski definition) is 4. The molecular formula is C23H26N2O8. The van der Waals surface area contributed by atoms with Crippen LogP contribution in [0.1, 0.15) is 25.5 Å². The van der Waals surface area contributed by atoms with Crippen LogP contribution < -0.4 is 25.0 Å². The molecule has 1 aliphatic rings. The van der Waals surface area contributed by atoms with E-state index >= 15 is 0 Å². The van der Waals surface area contributed by atoms with Crippen LogP contribution >= 0.6 is 0 Å². The summed E-state index contributed by atoms with van der Waals surface area (Å²) in [6, 6.07) is 11.9. The fraction of sp³-hybridized carbons (Fsp3) is 0.304. The van der Waals surface area contributed by atoms with Gasteiger partial charge in [-0.05, 0) is 18.2 Å². The summed E-state index contributed by atoms with van der Waals surface area (Å²) < 4.78 is 22.0. The monoisotopic (exact) mass is 458 g/mol. The number of nitrogens with one attached hydrogen (secondary N) is 2. The van der Waals surface area contributed by atoms with Crippen LogP contribution in [0.15, 0.2) is 54.6 Å². The van der Waals surface area contributed by atoms with Gasteiger partial charge in [-0.2, -0.15) is 0 Å². The number of rotatable bonds is 9. The average molecular weight is 458 g/mol. The summed E-state index contributed by atoms with van der Waals surface area (Å²) >= 11 is 0. The number of hydrogen-bond acceptors (Lipinski definition) is 8. The Morgan fingerprint density at radius 3 is 2.70 bits per heavy atom. The molecule has 2 aromatic rings. The molecule has 1 aliphatic heterocycles. The Morgan fingerprint density at radius 1 is 1.18 bits per heavy atom. The zero-order chi connectivity index (χ0) is 23.8. The van der Waals surface area contributed by atoms with Gasteiger partial charge in [-0.15, -0.1) is 0 Å². The number of benzene rings is 2. The third-order valence-corrected chi connectivity index (χ3v) is 4.84. The van der Waals surface area contributed by atoms with Crippen molar-refractivity contribution in [3.8, 4) is 17.2 Å². The van der Waals surface area contributed by atoms with Gasteiger partial charge in [0.05, 0.1) is 6.61 Å². The van der Waals surface area contributed by atoms with E-state index in [9.17, 15) is 9.59 Å². The maximum Gasteiger partial charge on any atom is 0.412 e. The van der Waals surface area contributed by atoms with Gasteiger partial charge < -0.3 is 24.1 Å². The molecule has 0 fully saturated rings. The van der Waals surface area contributed by atoms with Crippen LogP contribution in [0.4, 0.5) is 10.5 Å². The largest absolute Gasteiger partial charge is 0.491 e. The summed E-state index contributed by atoms with van der Waals surface area (Å²) in [5.74, 6) is 0.775. The standard InChI is InChI=1S/C23H26N2O8/c1-23(2,10-9-20(27)25-29)21(16-5-3-4-6-17(16)30-12-11-26)33-22(28)24-15-7-8-18-19(13-15)32-14-31-18/h3-10,13,21,26,29H,11-12,14H2,1-2H3,(H,24,28)(H,25,27)/b10-9+/t21-/m0/s1. The van der Waals surface area contributed by atoms with E-state index in [0.29, 0.717) is 28.5 Å². The molecular weight excluding hydrogens is 432 g/mol. The molecule has 176 valence electrons. The van der Waals surface area contributed by atoms with Gasteiger partial charge in [-0.25, -0.2) is 10.3 Å². The van der Waals surface area contributed by atoms with E-state index < -0.39 is 23.5 Å². The minimum absolute atomic E-state index is 0.0519. The number of fused-ring (bicyclic) bond motifs is 1. The molecule has 0 saturated heterocycles. The van der Waals surface area contributed by atoms with E-state index in [-0.39, 0.29) is 20.0 Å². The predicted octanol–water partition coefficient (Wildman–Crippen LogP) is 3.16. The first kappa shape index (κ1) is 23.9. The Morgan fingerprint density at radius 2 is 1.94 bits per heavy atom. The topological polar surface area (TPSA) is 136 Å². The summed E-state index contributed by atoms with van der Waals surface area (Å²) in [6.07, 6.45) is 1.01. The highest BCUT2D eigenvalue weighted by Crippen LogP contribution is 2.42. The molecule has 1 heterocycles. The quantitative estimate of drug-likeness (QED) is 0.256. The molecule has 4 N–H and O–H groups in total. The maximum absolute atomic E-state index is 12.8. The van der Waals surface area contributed by atoms with Crippen LogP contribution in [0.5, 0.6) is 17.2 Å². The molecule has 0 aliphatic carbocycles. The fourth-order valence-electron chi connectivity index (χ4n) is 3.24. The minimum atomic E-state index is -0.905. The Labute approximate surface area is 190 Å².